The number of likely N-dealkylation sites (tertiary alicyclic amines) is 1. The quantitative estimate of drug-likeness (QED) is 0.848. The van der Waals surface area contributed by atoms with Gasteiger partial charge < -0.3 is 14.7 Å². The third-order valence-electron chi connectivity index (χ3n) is 4.43. The van der Waals surface area contributed by atoms with Crippen molar-refractivity contribution >= 4 is 17.8 Å². The van der Waals surface area contributed by atoms with E-state index in [0.717, 1.165) is 32.0 Å². The van der Waals surface area contributed by atoms with Gasteiger partial charge >= 0.3 is 5.97 Å². The fourth-order valence-electron chi connectivity index (χ4n) is 3.09. The SMILES string of the molecule is CN1CCC2(CC1)CC(=O)c1cc(C=CC(=O)O)ccc1O2. The maximum absolute atomic E-state index is 12.5. The normalized spacial score (nSPS) is 20.9. The number of fused-ring (bicyclic) bond motifs is 1. The molecule has 1 aromatic rings. The largest absolute Gasteiger partial charge is 0.486 e. The van der Waals surface area contributed by atoms with Crippen LogP contribution in [0.2, 0.25) is 0 Å². The standard InChI is InChI=1S/C17H19NO4/c1-18-8-6-17(7-9-18)11-14(19)13-10-12(3-5-16(20)21)2-4-15(13)22-17/h2-5,10H,6-9,11H2,1H3,(H,20,21). The zero-order valence-corrected chi connectivity index (χ0v) is 12.5. The van der Waals surface area contributed by atoms with Crippen molar-refractivity contribution in [1.29, 1.82) is 0 Å². The molecule has 2 heterocycles. The molecule has 0 bridgehead atoms. The lowest BCUT2D eigenvalue weighted by atomic mass is 9.82. The monoisotopic (exact) mass is 301 g/mol. The third-order valence-corrected chi connectivity index (χ3v) is 4.43. The molecule has 0 atom stereocenters. The Labute approximate surface area is 129 Å². The van der Waals surface area contributed by atoms with Crippen LogP contribution in [0, 0.1) is 0 Å². The van der Waals surface area contributed by atoms with Crippen LogP contribution < -0.4 is 4.74 Å². The predicted molar refractivity (Wildman–Crippen MR) is 82.1 cm³/mol. The molecule has 1 fully saturated rings. The Balaban J connectivity index is 1.86. The van der Waals surface area contributed by atoms with E-state index in [9.17, 15) is 9.59 Å². The minimum atomic E-state index is -1.01. The fourth-order valence-corrected chi connectivity index (χ4v) is 3.09. The lowest BCUT2D eigenvalue weighted by molar-refractivity contribution is -0.131. The summed E-state index contributed by atoms with van der Waals surface area (Å²) in [7, 11) is 2.08. The van der Waals surface area contributed by atoms with E-state index in [1.807, 2.05) is 0 Å². The molecule has 0 aliphatic carbocycles. The molecule has 5 nitrogen and oxygen atoms in total. The topological polar surface area (TPSA) is 66.8 Å². The van der Waals surface area contributed by atoms with Crippen molar-refractivity contribution in [2.75, 3.05) is 20.1 Å². The lowest BCUT2D eigenvalue weighted by Gasteiger charge is -2.43. The molecule has 0 unspecified atom stereocenters. The van der Waals surface area contributed by atoms with Gasteiger partial charge in [0.15, 0.2) is 5.78 Å². The molecule has 0 saturated carbocycles. The number of rotatable bonds is 2. The smallest absolute Gasteiger partial charge is 0.328 e. The van der Waals surface area contributed by atoms with E-state index in [-0.39, 0.29) is 11.4 Å². The van der Waals surface area contributed by atoms with Crippen molar-refractivity contribution in [1.82, 2.24) is 4.90 Å². The van der Waals surface area contributed by atoms with E-state index in [1.165, 1.54) is 6.08 Å². The third kappa shape index (κ3) is 2.90. The highest BCUT2D eigenvalue weighted by Gasteiger charge is 2.42. The second-order valence-electron chi connectivity index (χ2n) is 6.12. The minimum Gasteiger partial charge on any atom is -0.486 e. The summed E-state index contributed by atoms with van der Waals surface area (Å²) in [5.74, 6) is -0.310. The maximum atomic E-state index is 12.5. The van der Waals surface area contributed by atoms with Gasteiger partial charge in [0, 0.05) is 32.0 Å². The van der Waals surface area contributed by atoms with Crippen LogP contribution in [0.15, 0.2) is 24.3 Å². The number of nitrogens with zero attached hydrogens (tertiary/aromatic N) is 1. The number of ketones is 1. The summed E-state index contributed by atoms with van der Waals surface area (Å²) >= 11 is 0. The Morgan fingerprint density at radius 3 is 2.77 bits per heavy atom. The highest BCUT2D eigenvalue weighted by atomic mass is 16.5. The number of carbonyl (C=O) groups is 2. The summed E-state index contributed by atoms with van der Waals surface area (Å²) in [5.41, 5.74) is 0.879. The average Bonchev–Trinajstić information content (AvgIpc) is 2.49. The van der Waals surface area contributed by atoms with Gasteiger partial charge in [0.1, 0.15) is 11.4 Å². The number of aliphatic carboxylic acids is 1. The molecule has 116 valence electrons. The van der Waals surface area contributed by atoms with Gasteiger partial charge in [-0.15, -0.1) is 0 Å². The lowest BCUT2D eigenvalue weighted by Crippen LogP contribution is -2.50. The van der Waals surface area contributed by atoms with Gasteiger partial charge in [-0.05, 0) is 30.8 Å². The van der Waals surface area contributed by atoms with Gasteiger partial charge in [-0.1, -0.05) is 6.07 Å². The van der Waals surface area contributed by atoms with Crippen molar-refractivity contribution in [3.05, 3.63) is 35.4 Å². The first-order chi connectivity index (χ1) is 10.5. The number of Topliss-reactive ketones (excluding diaryl/α,β-unsaturated/α-hetero) is 1. The van der Waals surface area contributed by atoms with Gasteiger partial charge in [0.05, 0.1) is 12.0 Å². The summed E-state index contributed by atoms with van der Waals surface area (Å²) in [6.07, 6.45) is 4.66. The number of carboxylic acids is 1. The molecule has 1 aromatic carbocycles. The second kappa shape index (κ2) is 5.57. The number of piperidine rings is 1. The molecule has 22 heavy (non-hydrogen) atoms. The molecule has 0 aromatic heterocycles. The van der Waals surface area contributed by atoms with Crippen molar-refractivity contribution < 1.29 is 19.4 Å². The van der Waals surface area contributed by atoms with E-state index < -0.39 is 5.97 Å². The summed E-state index contributed by atoms with van der Waals surface area (Å²) < 4.78 is 6.17. The Bertz CT molecular complexity index is 642. The van der Waals surface area contributed by atoms with E-state index in [0.29, 0.717) is 23.3 Å². The van der Waals surface area contributed by atoms with Gasteiger partial charge in [0.2, 0.25) is 0 Å². The van der Waals surface area contributed by atoms with Crippen LogP contribution in [-0.4, -0.2) is 47.5 Å². The van der Waals surface area contributed by atoms with Crippen LogP contribution in [0.25, 0.3) is 6.08 Å². The number of ether oxygens (including phenoxy) is 1. The van der Waals surface area contributed by atoms with Gasteiger partial charge in [-0.3, -0.25) is 4.79 Å². The zero-order chi connectivity index (χ0) is 15.7. The fraction of sp³-hybridized carbons (Fsp3) is 0.412. The first-order valence-electron chi connectivity index (χ1n) is 7.43. The maximum Gasteiger partial charge on any atom is 0.328 e. The van der Waals surface area contributed by atoms with E-state index in [4.69, 9.17) is 9.84 Å². The molecular formula is C17H19NO4. The Hall–Kier alpha value is -2.14. The highest BCUT2D eigenvalue weighted by molar-refractivity contribution is 6.01. The van der Waals surface area contributed by atoms with Gasteiger partial charge in [0.25, 0.3) is 0 Å². The van der Waals surface area contributed by atoms with Crippen LogP contribution in [0.4, 0.5) is 0 Å². The molecule has 2 aliphatic rings. The molecule has 0 amide bonds. The summed E-state index contributed by atoms with van der Waals surface area (Å²) in [6.45, 7) is 1.87. The van der Waals surface area contributed by atoms with Gasteiger partial charge in [-0.25, -0.2) is 4.79 Å². The van der Waals surface area contributed by atoms with E-state index in [1.54, 1.807) is 18.2 Å². The van der Waals surface area contributed by atoms with Crippen molar-refractivity contribution in [3.8, 4) is 5.75 Å². The molecule has 3 rings (SSSR count). The van der Waals surface area contributed by atoms with Crippen LogP contribution in [0.1, 0.15) is 35.2 Å². The van der Waals surface area contributed by atoms with E-state index in [2.05, 4.69) is 11.9 Å². The van der Waals surface area contributed by atoms with Crippen molar-refractivity contribution in [2.45, 2.75) is 24.9 Å². The van der Waals surface area contributed by atoms with Crippen molar-refractivity contribution in [2.24, 2.45) is 0 Å². The zero-order valence-electron chi connectivity index (χ0n) is 12.5. The molecule has 1 N–H and O–H groups in total. The Morgan fingerprint density at radius 2 is 2.09 bits per heavy atom. The number of hydrogen-bond acceptors (Lipinski definition) is 4. The summed E-state index contributed by atoms with van der Waals surface area (Å²) in [5, 5.41) is 8.67. The van der Waals surface area contributed by atoms with Crippen LogP contribution >= 0.6 is 0 Å². The molecule has 0 radical (unpaired) electrons. The molecule has 1 spiro atoms. The number of carbonyl (C=O) groups excluding carboxylic acids is 1. The van der Waals surface area contributed by atoms with Crippen LogP contribution in [0.5, 0.6) is 5.75 Å². The molecular weight excluding hydrogens is 282 g/mol. The van der Waals surface area contributed by atoms with Gasteiger partial charge in [-0.2, -0.15) is 0 Å². The summed E-state index contributed by atoms with van der Waals surface area (Å²) in [6, 6.07) is 5.26. The first-order valence-corrected chi connectivity index (χ1v) is 7.43. The predicted octanol–water partition coefficient (Wildman–Crippen LogP) is 2.21. The molecule has 2 aliphatic heterocycles. The second-order valence-corrected chi connectivity index (χ2v) is 6.12. The summed E-state index contributed by atoms with van der Waals surface area (Å²) in [4.78, 5) is 25.3. The Kier molecular flexibility index (Phi) is 3.74. The first kappa shape index (κ1) is 14.8. The highest BCUT2D eigenvalue weighted by Crippen LogP contribution is 2.39. The molecule has 1 saturated heterocycles. The number of benzene rings is 1. The Morgan fingerprint density at radius 1 is 1.36 bits per heavy atom. The van der Waals surface area contributed by atoms with E-state index >= 15 is 0 Å². The van der Waals surface area contributed by atoms with Crippen molar-refractivity contribution in [3.63, 3.8) is 0 Å². The van der Waals surface area contributed by atoms with Crippen LogP contribution in [-0.2, 0) is 4.79 Å². The molecule has 5 heteroatoms. The minimum absolute atomic E-state index is 0.0800. The van der Waals surface area contributed by atoms with Crippen LogP contribution in [0.3, 0.4) is 0 Å². The number of carboxylic acid groups (broad SMARTS) is 1. The average molecular weight is 301 g/mol. The number of hydrogen-bond donors (Lipinski definition) is 1.